The van der Waals surface area contributed by atoms with Gasteiger partial charge in [-0.1, -0.05) is 18.2 Å². The number of rotatable bonds is 4. The van der Waals surface area contributed by atoms with Crippen LogP contribution < -0.4 is 10.1 Å². The molecular formula is C17H17N3O. The molecule has 4 nitrogen and oxygen atoms in total. The number of hydrogen-bond acceptors (Lipinski definition) is 4. The first kappa shape index (κ1) is 13.4. The van der Waals surface area contributed by atoms with Crippen molar-refractivity contribution in [3.8, 4) is 5.75 Å². The first-order valence-electron chi connectivity index (χ1n) is 6.85. The van der Waals surface area contributed by atoms with Gasteiger partial charge >= 0.3 is 0 Å². The number of nitrogens with one attached hydrogen (secondary N) is 1. The maximum Gasteiger partial charge on any atom is 0.119 e. The van der Waals surface area contributed by atoms with Crippen molar-refractivity contribution in [3.05, 3.63) is 60.7 Å². The van der Waals surface area contributed by atoms with Crippen molar-refractivity contribution in [2.75, 3.05) is 12.4 Å². The molecule has 21 heavy (non-hydrogen) atoms. The molecule has 0 aliphatic heterocycles. The Hall–Kier alpha value is -2.62. The van der Waals surface area contributed by atoms with E-state index in [0.717, 1.165) is 11.4 Å². The van der Waals surface area contributed by atoms with Gasteiger partial charge in [0, 0.05) is 6.04 Å². The lowest BCUT2D eigenvalue weighted by atomic mass is 10.0. The van der Waals surface area contributed by atoms with Gasteiger partial charge in [-0.15, -0.1) is 0 Å². The van der Waals surface area contributed by atoms with Crippen LogP contribution in [0.3, 0.4) is 0 Å². The molecule has 1 atom stereocenters. The van der Waals surface area contributed by atoms with Gasteiger partial charge in [-0.05, 0) is 41.5 Å². The summed E-state index contributed by atoms with van der Waals surface area (Å²) in [5.41, 5.74) is 2.14. The smallest absolute Gasteiger partial charge is 0.119 e. The van der Waals surface area contributed by atoms with E-state index in [4.69, 9.17) is 4.74 Å². The van der Waals surface area contributed by atoms with Crippen LogP contribution in [0, 0.1) is 0 Å². The molecule has 0 radical (unpaired) electrons. The third kappa shape index (κ3) is 2.94. The molecule has 0 amide bonds. The van der Waals surface area contributed by atoms with E-state index < -0.39 is 0 Å². The van der Waals surface area contributed by atoms with E-state index in [1.807, 2.05) is 12.1 Å². The number of methoxy groups -OCH3 is 1. The van der Waals surface area contributed by atoms with Gasteiger partial charge in [0.15, 0.2) is 0 Å². The maximum absolute atomic E-state index is 5.25. The fraction of sp³-hybridized carbons (Fsp3) is 0.176. The Labute approximate surface area is 123 Å². The van der Waals surface area contributed by atoms with Gasteiger partial charge in [-0.3, -0.25) is 0 Å². The summed E-state index contributed by atoms with van der Waals surface area (Å²) >= 11 is 0. The predicted molar refractivity (Wildman–Crippen MR) is 84.6 cm³/mol. The van der Waals surface area contributed by atoms with Crippen LogP contribution in [-0.2, 0) is 0 Å². The second-order valence-electron chi connectivity index (χ2n) is 4.97. The zero-order valence-electron chi connectivity index (χ0n) is 12.1. The number of nitrogens with zero attached hydrogens (tertiary/aromatic N) is 2. The SMILES string of the molecule is COc1ccc2cc(C(C)Nc3cncnc3)ccc2c1. The van der Waals surface area contributed by atoms with Gasteiger partial charge < -0.3 is 10.1 Å². The van der Waals surface area contributed by atoms with Crippen LogP contribution in [0.25, 0.3) is 10.8 Å². The standard InChI is InChI=1S/C17H17N3O/c1-12(20-16-9-18-11-19-10-16)13-3-4-15-8-17(21-2)6-5-14(15)7-13/h3-12,20H,1-2H3. The highest BCUT2D eigenvalue weighted by molar-refractivity contribution is 5.84. The second kappa shape index (κ2) is 5.79. The van der Waals surface area contributed by atoms with Crippen molar-refractivity contribution < 1.29 is 4.74 Å². The Kier molecular flexibility index (Phi) is 3.69. The Balaban J connectivity index is 1.86. The summed E-state index contributed by atoms with van der Waals surface area (Å²) in [5.74, 6) is 0.878. The van der Waals surface area contributed by atoms with Gasteiger partial charge in [0.25, 0.3) is 0 Å². The number of anilines is 1. The van der Waals surface area contributed by atoms with Gasteiger partial charge in [0.05, 0.1) is 25.2 Å². The molecule has 0 fully saturated rings. The monoisotopic (exact) mass is 279 g/mol. The minimum atomic E-state index is 0.183. The predicted octanol–water partition coefficient (Wildman–Crippen LogP) is 3.81. The number of hydrogen-bond donors (Lipinski definition) is 1. The lowest BCUT2D eigenvalue weighted by molar-refractivity contribution is 0.415. The van der Waals surface area contributed by atoms with Crippen molar-refractivity contribution in [2.24, 2.45) is 0 Å². The van der Waals surface area contributed by atoms with Crippen molar-refractivity contribution >= 4 is 16.5 Å². The molecule has 0 aliphatic carbocycles. The zero-order chi connectivity index (χ0) is 14.7. The third-order valence-electron chi connectivity index (χ3n) is 3.52. The van der Waals surface area contributed by atoms with Crippen molar-refractivity contribution in [1.29, 1.82) is 0 Å². The molecule has 1 unspecified atom stereocenters. The number of fused-ring (bicyclic) bond motifs is 1. The summed E-state index contributed by atoms with van der Waals surface area (Å²) < 4.78 is 5.25. The van der Waals surface area contributed by atoms with Crippen molar-refractivity contribution in [3.63, 3.8) is 0 Å². The fourth-order valence-electron chi connectivity index (χ4n) is 2.35. The Morgan fingerprint density at radius 3 is 2.48 bits per heavy atom. The minimum Gasteiger partial charge on any atom is -0.497 e. The second-order valence-corrected chi connectivity index (χ2v) is 4.97. The number of benzene rings is 2. The minimum absolute atomic E-state index is 0.183. The van der Waals surface area contributed by atoms with Crippen LogP contribution >= 0.6 is 0 Å². The summed E-state index contributed by atoms with van der Waals surface area (Å²) in [6.45, 7) is 2.12. The molecule has 4 heteroatoms. The Morgan fingerprint density at radius 1 is 1.00 bits per heavy atom. The van der Waals surface area contributed by atoms with Crippen LogP contribution in [-0.4, -0.2) is 17.1 Å². The van der Waals surface area contributed by atoms with Crippen LogP contribution in [0.2, 0.25) is 0 Å². The highest BCUT2D eigenvalue weighted by Gasteiger charge is 2.07. The zero-order valence-corrected chi connectivity index (χ0v) is 12.1. The topological polar surface area (TPSA) is 47.0 Å². The Bertz CT molecular complexity index is 743. The highest BCUT2D eigenvalue weighted by atomic mass is 16.5. The van der Waals surface area contributed by atoms with Crippen molar-refractivity contribution in [2.45, 2.75) is 13.0 Å². The van der Waals surface area contributed by atoms with Crippen molar-refractivity contribution in [1.82, 2.24) is 9.97 Å². The quantitative estimate of drug-likeness (QED) is 0.789. The molecule has 0 aliphatic rings. The average Bonchev–Trinajstić information content (AvgIpc) is 2.54. The molecule has 1 heterocycles. The first-order chi connectivity index (χ1) is 10.3. The molecule has 2 aromatic carbocycles. The summed E-state index contributed by atoms with van der Waals surface area (Å²) in [4.78, 5) is 8.03. The number of ether oxygens (including phenoxy) is 1. The average molecular weight is 279 g/mol. The van der Waals surface area contributed by atoms with Crippen LogP contribution in [0.15, 0.2) is 55.1 Å². The molecule has 106 valence electrons. The summed E-state index contributed by atoms with van der Waals surface area (Å²) in [6.07, 6.45) is 5.07. The van der Waals surface area contributed by atoms with Crippen LogP contribution in [0.5, 0.6) is 5.75 Å². The van der Waals surface area contributed by atoms with Crippen LogP contribution in [0.4, 0.5) is 5.69 Å². The normalized spacial score (nSPS) is 12.1. The first-order valence-corrected chi connectivity index (χ1v) is 6.85. The molecule has 0 saturated carbocycles. The molecule has 3 rings (SSSR count). The molecular weight excluding hydrogens is 262 g/mol. The summed E-state index contributed by atoms with van der Waals surface area (Å²) in [7, 11) is 1.68. The van der Waals surface area contributed by atoms with E-state index in [1.165, 1.54) is 22.7 Å². The van der Waals surface area contributed by atoms with Gasteiger partial charge in [0.2, 0.25) is 0 Å². The fourth-order valence-corrected chi connectivity index (χ4v) is 2.35. The molecule has 1 N–H and O–H groups in total. The molecule has 0 saturated heterocycles. The van der Waals surface area contributed by atoms with E-state index >= 15 is 0 Å². The largest absolute Gasteiger partial charge is 0.497 e. The lowest BCUT2D eigenvalue weighted by Gasteiger charge is -2.16. The third-order valence-corrected chi connectivity index (χ3v) is 3.52. The van der Waals surface area contributed by atoms with E-state index in [2.05, 4.69) is 46.5 Å². The number of aromatic nitrogens is 2. The lowest BCUT2D eigenvalue weighted by Crippen LogP contribution is -2.06. The molecule has 1 aromatic heterocycles. The van der Waals surface area contributed by atoms with Crippen LogP contribution in [0.1, 0.15) is 18.5 Å². The van der Waals surface area contributed by atoms with E-state index in [-0.39, 0.29) is 6.04 Å². The summed E-state index contributed by atoms with van der Waals surface area (Å²) in [6, 6.07) is 12.7. The van der Waals surface area contributed by atoms with Gasteiger partial charge in [0.1, 0.15) is 12.1 Å². The van der Waals surface area contributed by atoms with E-state index in [9.17, 15) is 0 Å². The van der Waals surface area contributed by atoms with Gasteiger partial charge in [-0.2, -0.15) is 0 Å². The van der Waals surface area contributed by atoms with E-state index in [1.54, 1.807) is 19.5 Å². The highest BCUT2D eigenvalue weighted by Crippen LogP contribution is 2.25. The molecule has 0 spiro atoms. The molecule has 0 bridgehead atoms. The van der Waals surface area contributed by atoms with E-state index in [0.29, 0.717) is 0 Å². The summed E-state index contributed by atoms with van der Waals surface area (Å²) in [5, 5.41) is 5.77. The molecule has 3 aromatic rings. The Morgan fingerprint density at radius 2 is 1.71 bits per heavy atom. The maximum atomic E-state index is 5.25. The van der Waals surface area contributed by atoms with Gasteiger partial charge in [-0.25, -0.2) is 9.97 Å².